The van der Waals surface area contributed by atoms with Gasteiger partial charge in [-0.15, -0.1) is 0 Å². The smallest absolute Gasteiger partial charge is 0.251 e. The van der Waals surface area contributed by atoms with Gasteiger partial charge in [-0.2, -0.15) is 5.26 Å². The Morgan fingerprint density at radius 1 is 1.32 bits per heavy atom. The van der Waals surface area contributed by atoms with Gasteiger partial charge in [-0.3, -0.25) is 4.79 Å². The van der Waals surface area contributed by atoms with E-state index in [1.807, 2.05) is 31.2 Å². The normalized spacial score (nSPS) is 11.4. The highest BCUT2D eigenvalue weighted by Crippen LogP contribution is 2.28. The van der Waals surface area contributed by atoms with Gasteiger partial charge in [-0.05, 0) is 58.7 Å². The maximum absolute atomic E-state index is 12.2. The van der Waals surface area contributed by atoms with Crippen molar-refractivity contribution in [2.75, 3.05) is 7.11 Å². The van der Waals surface area contributed by atoms with Crippen LogP contribution >= 0.6 is 15.9 Å². The number of halogens is 1. The molecular weight excluding hydrogens is 344 g/mol. The fourth-order valence-corrected chi connectivity index (χ4v) is 2.60. The van der Waals surface area contributed by atoms with Crippen molar-refractivity contribution in [3.8, 4) is 11.8 Å². The largest absolute Gasteiger partial charge is 0.496 e. The molecule has 0 fully saturated rings. The zero-order chi connectivity index (χ0) is 16.1. The number of nitriles is 1. The predicted molar refractivity (Wildman–Crippen MR) is 87.7 cm³/mol. The second-order valence-electron chi connectivity index (χ2n) is 4.78. The molecule has 0 aliphatic heterocycles. The van der Waals surface area contributed by atoms with Gasteiger partial charge in [0.15, 0.2) is 0 Å². The van der Waals surface area contributed by atoms with E-state index in [0.717, 1.165) is 15.8 Å². The Hall–Kier alpha value is -2.32. The van der Waals surface area contributed by atoms with Crippen LogP contribution in [0.5, 0.6) is 5.75 Å². The van der Waals surface area contributed by atoms with E-state index in [9.17, 15) is 4.79 Å². The number of amides is 1. The monoisotopic (exact) mass is 358 g/mol. The third kappa shape index (κ3) is 3.66. The molecule has 0 radical (unpaired) electrons. The molecule has 0 unspecified atom stereocenters. The predicted octanol–water partition coefficient (Wildman–Crippen LogP) is 3.82. The first kappa shape index (κ1) is 16.1. The van der Waals surface area contributed by atoms with Crippen LogP contribution in [0.1, 0.15) is 34.5 Å². The Bertz CT molecular complexity index is 738. The molecule has 1 N–H and O–H groups in total. The number of benzene rings is 2. The van der Waals surface area contributed by atoms with Gasteiger partial charge in [0.25, 0.3) is 5.91 Å². The second kappa shape index (κ2) is 7.10. The van der Waals surface area contributed by atoms with E-state index < -0.39 is 0 Å². The van der Waals surface area contributed by atoms with Crippen LogP contribution in [0, 0.1) is 11.3 Å². The number of hydrogen-bond donors (Lipinski definition) is 1. The maximum Gasteiger partial charge on any atom is 0.251 e. The van der Waals surface area contributed by atoms with E-state index in [1.165, 1.54) is 0 Å². The van der Waals surface area contributed by atoms with Crippen molar-refractivity contribution < 1.29 is 9.53 Å². The van der Waals surface area contributed by atoms with Crippen molar-refractivity contribution in [2.45, 2.75) is 13.0 Å². The fourth-order valence-electron chi connectivity index (χ4n) is 2.05. The summed E-state index contributed by atoms with van der Waals surface area (Å²) in [5.41, 5.74) is 1.89. The average Bonchev–Trinajstić information content (AvgIpc) is 2.54. The van der Waals surface area contributed by atoms with Crippen LogP contribution in [0.25, 0.3) is 0 Å². The van der Waals surface area contributed by atoms with Crippen molar-refractivity contribution in [1.82, 2.24) is 5.32 Å². The molecule has 2 rings (SSSR count). The number of carbonyl (C=O) groups excluding carboxylic acids is 1. The van der Waals surface area contributed by atoms with Crippen molar-refractivity contribution in [3.63, 3.8) is 0 Å². The summed E-state index contributed by atoms with van der Waals surface area (Å²) in [6, 6.07) is 14.1. The van der Waals surface area contributed by atoms with E-state index in [4.69, 9.17) is 10.00 Å². The molecule has 22 heavy (non-hydrogen) atoms. The Morgan fingerprint density at radius 3 is 2.73 bits per heavy atom. The van der Waals surface area contributed by atoms with Crippen LogP contribution in [0.4, 0.5) is 0 Å². The molecule has 112 valence electrons. The molecule has 0 bridgehead atoms. The molecule has 1 atom stereocenters. The first-order valence-electron chi connectivity index (χ1n) is 6.69. The van der Waals surface area contributed by atoms with E-state index in [0.29, 0.717) is 11.1 Å². The van der Waals surface area contributed by atoms with E-state index in [-0.39, 0.29) is 11.9 Å². The van der Waals surface area contributed by atoms with Gasteiger partial charge in [0, 0.05) is 5.56 Å². The second-order valence-corrected chi connectivity index (χ2v) is 5.64. The molecule has 2 aromatic carbocycles. The molecule has 0 heterocycles. The number of methoxy groups -OCH3 is 1. The standard InChI is InChI=1S/C17H15BrN2O2/c1-11(13-6-7-16(22-2)15(18)9-13)20-17(21)14-5-3-4-12(8-14)10-19/h3-9,11H,1-2H3,(H,20,21)/t11-/m1/s1. The Labute approximate surface area is 137 Å². The zero-order valence-corrected chi connectivity index (χ0v) is 13.8. The quantitative estimate of drug-likeness (QED) is 0.903. The maximum atomic E-state index is 12.2. The van der Waals surface area contributed by atoms with Gasteiger partial charge in [-0.1, -0.05) is 12.1 Å². The highest BCUT2D eigenvalue weighted by Gasteiger charge is 2.13. The van der Waals surface area contributed by atoms with Gasteiger partial charge >= 0.3 is 0 Å². The number of nitrogens with zero attached hydrogens (tertiary/aromatic N) is 1. The lowest BCUT2D eigenvalue weighted by atomic mass is 10.1. The summed E-state index contributed by atoms with van der Waals surface area (Å²) in [5, 5.41) is 11.8. The van der Waals surface area contributed by atoms with Crippen LogP contribution in [0.3, 0.4) is 0 Å². The number of rotatable bonds is 4. The van der Waals surface area contributed by atoms with E-state index in [2.05, 4.69) is 21.2 Å². The van der Waals surface area contributed by atoms with E-state index in [1.54, 1.807) is 31.4 Å². The van der Waals surface area contributed by atoms with Crippen molar-refractivity contribution >= 4 is 21.8 Å². The van der Waals surface area contributed by atoms with Crippen molar-refractivity contribution in [3.05, 3.63) is 63.6 Å². The van der Waals surface area contributed by atoms with Crippen LogP contribution < -0.4 is 10.1 Å². The number of carbonyl (C=O) groups is 1. The summed E-state index contributed by atoms with van der Waals surface area (Å²) in [6.45, 7) is 1.90. The van der Waals surface area contributed by atoms with Crippen molar-refractivity contribution in [1.29, 1.82) is 5.26 Å². The van der Waals surface area contributed by atoms with Gasteiger partial charge in [0.1, 0.15) is 5.75 Å². The highest BCUT2D eigenvalue weighted by atomic mass is 79.9. The third-order valence-electron chi connectivity index (χ3n) is 3.28. The summed E-state index contributed by atoms with van der Waals surface area (Å²) in [4.78, 5) is 12.2. The summed E-state index contributed by atoms with van der Waals surface area (Å²) in [5.74, 6) is 0.528. The molecule has 0 saturated heterocycles. The molecule has 4 nitrogen and oxygen atoms in total. The minimum atomic E-state index is -0.212. The topological polar surface area (TPSA) is 62.1 Å². The van der Waals surface area contributed by atoms with Gasteiger partial charge in [-0.25, -0.2) is 0 Å². The lowest BCUT2D eigenvalue weighted by Gasteiger charge is -2.16. The van der Waals surface area contributed by atoms with Crippen molar-refractivity contribution in [2.24, 2.45) is 0 Å². The molecule has 0 aliphatic carbocycles. The van der Waals surface area contributed by atoms with Gasteiger partial charge in [0.2, 0.25) is 0 Å². The van der Waals surface area contributed by atoms with E-state index >= 15 is 0 Å². The van der Waals surface area contributed by atoms with Gasteiger partial charge < -0.3 is 10.1 Å². The van der Waals surface area contributed by atoms with Crippen LogP contribution in [0.2, 0.25) is 0 Å². The number of ether oxygens (including phenoxy) is 1. The summed E-state index contributed by atoms with van der Waals surface area (Å²) < 4.78 is 6.02. The Balaban J connectivity index is 2.14. The molecule has 0 aromatic heterocycles. The Morgan fingerprint density at radius 2 is 2.09 bits per heavy atom. The lowest BCUT2D eigenvalue weighted by molar-refractivity contribution is 0.0940. The SMILES string of the molecule is COc1ccc([C@@H](C)NC(=O)c2cccc(C#N)c2)cc1Br. The number of nitrogens with one attached hydrogen (secondary N) is 1. The lowest BCUT2D eigenvalue weighted by Crippen LogP contribution is -2.26. The first-order chi connectivity index (χ1) is 10.5. The van der Waals surface area contributed by atoms with Crippen LogP contribution in [-0.4, -0.2) is 13.0 Å². The Kier molecular flexibility index (Phi) is 5.18. The highest BCUT2D eigenvalue weighted by molar-refractivity contribution is 9.10. The first-order valence-corrected chi connectivity index (χ1v) is 7.49. The number of hydrogen-bond acceptors (Lipinski definition) is 3. The van der Waals surface area contributed by atoms with Crippen LogP contribution in [0.15, 0.2) is 46.9 Å². The van der Waals surface area contributed by atoms with Gasteiger partial charge in [0.05, 0.1) is 29.3 Å². The summed E-state index contributed by atoms with van der Waals surface area (Å²) in [7, 11) is 1.60. The molecule has 5 heteroatoms. The molecule has 0 spiro atoms. The average molecular weight is 359 g/mol. The summed E-state index contributed by atoms with van der Waals surface area (Å²) >= 11 is 3.43. The molecule has 0 aliphatic rings. The molecule has 1 amide bonds. The summed E-state index contributed by atoms with van der Waals surface area (Å²) in [6.07, 6.45) is 0. The molecule has 0 saturated carbocycles. The minimum Gasteiger partial charge on any atom is -0.496 e. The minimum absolute atomic E-state index is 0.166. The third-order valence-corrected chi connectivity index (χ3v) is 3.90. The fraction of sp³-hybridized carbons (Fsp3) is 0.176. The van der Waals surface area contributed by atoms with Crippen LogP contribution in [-0.2, 0) is 0 Å². The molecule has 2 aromatic rings. The zero-order valence-electron chi connectivity index (χ0n) is 12.3. The molecular formula is C17H15BrN2O2.